The Hall–Kier alpha value is -1.98. The summed E-state index contributed by atoms with van der Waals surface area (Å²) in [5.41, 5.74) is 0. The van der Waals surface area contributed by atoms with Crippen molar-refractivity contribution in [1.82, 2.24) is 24.7 Å². The van der Waals surface area contributed by atoms with Gasteiger partial charge in [0.1, 0.15) is 4.90 Å². The van der Waals surface area contributed by atoms with Crippen molar-refractivity contribution in [3.63, 3.8) is 0 Å². The van der Waals surface area contributed by atoms with Gasteiger partial charge in [-0.25, -0.2) is 13.1 Å². The number of likely N-dealkylation sites (N-methyl/N-ethyl adjacent to an activating group) is 1. The Labute approximate surface area is 146 Å². The molecule has 0 aromatic carbocycles. The number of nitrogens with one attached hydrogen (secondary N) is 2. The summed E-state index contributed by atoms with van der Waals surface area (Å²) in [6.45, 7) is 2.14. The molecule has 0 saturated heterocycles. The van der Waals surface area contributed by atoms with Gasteiger partial charge in [-0.1, -0.05) is 6.92 Å². The number of carbonyl (C=O) groups excluding carboxylic acids is 1. The number of carboxylic acids is 1. The van der Waals surface area contributed by atoms with Crippen LogP contribution in [0.25, 0.3) is 0 Å². The molecule has 1 saturated carbocycles. The summed E-state index contributed by atoms with van der Waals surface area (Å²) in [5.74, 6) is -1.30. The van der Waals surface area contributed by atoms with E-state index in [-0.39, 0.29) is 30.1 Å². The minimum absolute atomic E-state index is 0.00114. The fraction of sp³-hybridized carbons (Fsp3) is 0.643. The van der Waals surface area contributed by atoms with E-state index in [2.05, 4.69) is 15.1 Å². The van der Waals surface area contributed by atoms with Crippen molar-refractivity contribution in [2.75, 3.05) is 19.6 Å². The zero-order valence-electron chi connectivity index (χ0n) is 14.2. The summed E-state index contributed by atoms with van der Waals surface area (Å²) in [7, 11) is -2.17. The van der Waals surface area contributed by atoms with Gasteiger partial charge < -0.3 is 10.4 Å². The van der Waals surface area contributed by atoms with Crippen LogP contribution in [-0.2, 0) is 26.7 Å². The maximum atomic E-state index is 12.0. The van der Waals surface area contributed by atoms with Gasteiger partial charge in [-0.15, -0.1) is 0 Å². The van der Waals surface area contributed by atoms with Crippen molar-refractivity contribution in [2.45, 2.75) is 36.7 Å². The highest BCUT2D eigenvalue weighted by Gasteiger charge is 2.34. The summed E-state index contributed by atoms with van der Waals surface area (Å²) >= 11 is 0. The summed E-state index contributed by atoms with van der Waals surface area (Å²) in [5, 5.41) is 15.4. The van der Waals surface area contributed by atoms with Crippen molar-refractivity contribution >= 4 is 21.9 Å². The molecule has 1 heterocycles. The lowest BCUT2D eigenvalue weighted by Gasteiger charge is -2.42. The van der Waals surface area contributed by atoms with E-state index in [1.165, 1.54) is 17.1 Å². The molecule has 1 aromatic rings. The Morgan fingerprint density at radius 1 is 1.44 bits per heavy atom. The molecular formula is C14H23N5O5S. The highest BCUT2D eigenvalue weighted by molar-refractivity contribution is 7.89. The molecular weight excluding hydrogens is 350 g/mol. The van der Waals surface area contributed by atoms with Crippen molar-refractivity contribution in [2.24, 2.45) is 7.05 Å². The van der Waals surface area contributed by atoms with E-state index < -0.39 is 21.9 Å². The van der Waals surface area contributed by atoms with Gasteiger partial charge in [-0.2, -0.15) is 5.10 Å². The standard InChI is InChI=1S/C14H23N5O5S/c1-3-19(9-14(21)22)11-4-10(5-11)17-13(20)7-16-25(23,24)12-6-15-18(2)8-12/h6,8,10-11,16H,3-5,7,9H2,1-2H3,(H,17,20)(H,21,22). The molecule has 1 amide bonds. The molecule has 11 heteroatoms. The molecule has 1 aromatic heterocycles. The highest BCUT2D eigenvalue weighted by Crippen LogP contribution is 2.25. The van der Waals surface area contributed by atoms with Crippen molar-refractivity contribution in [3.05, 3.63) is 12.4 Å². The van der Waals surface area contributed by atoms with Crippen LogP contribution in [-0.4, -0.2) is 71.8 Å². The van der Waals surface area contributed by atoms with Gasteiger partial charge in [0.2, 0.25) is 15.9 Å². The van der Waals surface area contributed by atoms with E-state index in [4.69, 9.17) is 5.11 Å². The van der Waals surface area contributed by atoms with Crippen LogP contribution in [0.15, 0.2) is 17.3 Å². The van der Waals surface area contributed by atoms with Crippen LogP contribution in [0, 0.1) is 0 Å². The van der Waals surface area contributed by atoms with Crippen LogP contribution in [0.5, 0.6) is 0 Å². The average molecular weight is 373 g/mol. The third-order valence-corrected chi connectivity index (χ3v) is 5.51. The number of aromatic nitrogens is 2. The molecule has 2 rings (SSSR count). The second-order valence-corrected chi connectivity index (χ2v) is 7.79. The fourth-order valence-electron chi connectivity index (χ4n) is 2.74. The van der Waals surface area contributed by atoms with Crippen LogP contribution >= 0.6 is 0 Å². The van der Waals surface area contributed by atoms with Gasteiger partial charge in [0.05, 0.1) is 19.3 Å². The number of aliphatic carboxylic acids is 1. The fourth-order valence-corrected chi connectivity index (χ4v) is 3.70. The van der Waals surface area contributed by atoms with Crippen LogP contribution in [0.1, 0.15) is 19.8 Å². The monoisotopic (exact) mass is 373 g/mol. The van der Waals surface area contributed by atoms with E-state index in [0.29, 0.717) is 19.4 Å². The minimum atomic E-state index is -3.77. The number of carbonyl (C=O) groups is 2. The summed E-state index contributed by atoms with van der Waals surface area (Å²) in [6, 6.07) is 0.0572. The van der Waals surface area contributed by atoms with E-state index in [1.54, 1.807) is 7.05 Å². The summed E-state index contributed by atoms with van der Waals surface area (Å²) in [6.07, 6.45) is 3.86. The maximum absolute atomic E-state index is 12.0. The Bertz CT molecular complexity index is 726. The minimum Gasteiger partial charge on any atom is -0.480 e. The number of rotatable bonds is 9. The zero-order valence-corrected chi connectivity index (χ0v) is 15.0. The van der Waals surface area contributed by atoms with E-state index >= 15 is 0 Å². The lowest BCUT2D eigenvalue weighted by atomic mass is 9.85. The lowest BCUT2D eigenvalue weighted by molar-refractivity contribution is -0.139. The van der Waals surface area contributed by atoms with E-state index in [0.717, 1.165) is 0 Å². The number of amides is 1. The largest absolute Gasteiger partial charge is 0.480 e. The number of carboxylic acid groups (broad SMARTS) is 1. The van der Waals surface area contributed by atoms with Crippen LogP contribution < -0.4 is 10.0 Å². The number of aryl methyl sites for hydroxylation is 1. The highest BCUT2D eigenvalue weighted by atomic mass is 32.2. The van der Waals surface area contributed by atoms with Gasteiger partial charge in [0.15, 0.2) is 0 Å². The van der Waals surface area contributed by atoms with Crippen LogP contribution in [0.2, 0.25) is 0 Å². The van der Waals surface area contributed by atoms with Crippen LogP contribution in [0.4, 0.5) is 0 Å². The second kappa shape index (κ2) is 7.93. The predicted octanol–water partition coefficient (Wildman–Crippen LogP) is -1.25. The molecule has 1 aliphatic carbocycles. The average Bonchev–Trinajstić information content (AvgIpc) is 2.94. The Morgan fingerprint density at radius 2 is 2.12 bits per heavy atom. The maximum Gasteiger partial charge on any atom is 0.317 e. The summed E-state index contributed by atoms with van der Waals surface area (Å²) in [4.78, 5) is 24.5. The zero-order chi connectivity index (χ0) is 18.6. The molecule has 0 radical (unpaired) electrons. The van der Waals surface area contributed by atoms with Gasteiger partial charge in [0, 0.05) is 25.3 Å². The molecule has 0 atom stereocenters. The quantitative estimate of drug-likeness (QED) is 0.492. The molecule has 140 valence electrons. The van der Waals surface area contributed by atoms with Crippen LogP contribution in [0.3, 0.4) is 0 Å². The third-order valence-electron chi connectivity index (χ3n) is 4.15. The van der Waals surface area contributed by atoms with Crippen molar-refractivity contribution in [3.8, 4) is 0 Å². The first-order valence-corrected chi connectivity index (χ1v) is 9.43. The first kappa shape index (κ1) is 19.3. The Morgan fingerprint density at radius 3 is 2.64 bits per heavy atom. The van der Waals surface area contributed by atoms with E-state index in [1.807, 2.05) is 11.8 Å². The number of sulfonamides is 1. The van der Waals surface area contributed by atoms with Gasteiger partial charge in [0.25, 0.3) is 0 Å². The molecule has 10 nitrogen and oxygen atoms in total. The first-order chi connectivity index (χ1) is 11.7. The molecule has 0 aliphatic heterocycles. The molecule has 0 unspecified atom stereocenters. The van der Waals surface area contributed by atoms with Gasteiger partial charge >= 0.3 is 5.97 Å². The van der Waals surface area contributed by atoms with E-state index in [9.17, 15) is 18.0 Å². The lowest BCUT2D eigenvalue weighted by Crippen LogP contribution is -2.55. The molecule has 0 spiro atoms. The smallest absolute Gasteiger partial charge is 0.317 e. The first-order valence-electron chi connectivity index (χ1n) is 7.94. The summed E-state index contributed by atoms with van der Waals surface area (Å²) < 4.78 is 27.6. The number of hydrogen-bond acceptors (Lipinski definition) is 6. The predicted molar refractivity (Wildman–Crippen MR) is 88.2 cm³/mol. The molecule has 25 heavy (non-hydrogen) atoms. The molecule has 1 aliphatic rings. The number of nitrogens with zero attached hydrogens (tertiary/aromatic N) is 3. The Balaban J connectivity index is 1.74. The molecule has 3 N–H and O–H groups in total. The normalized spacial score (nSPS) is 20.3. The van der Waals surface area contributed by atoms with Gasteiger partial charge in [-0.3, -0.25) is 19.2 Å². The van der Waals surface area contributed by atoms with Gasteiger partial charge in [-0.05, 0) is 19.4 Å². The molecule has 0 bridgehead atoms. The SMILES string of the molecule is CCN(CC(=O)O)C1CC(NC(=O)CNS(=O)(=O)c2cnn(C)c2)C1. The second-order valence-electron chi connectivity index (χ2n) is 6.02. The molecule has 1 fully saturated rings. The van der Waals surface area contributed by atoms with Crippen molar-refractivity contribution < 1.29 is 23.1 Å². The Kier molecular flexibility index (Phi) is 6.14. The van der Waals surface area contributed by atoms with Crippen molar-refractivity contribution in [1.29, 1.82) is 0 Å². The topological polar surface area (TPSA) is 134 Å². The number of hydrogen-bond donors (Lipinski definition) is 3. The third kappa shape index (κ3) is 5.25.